The molecular weight excluding hydrogens is 424 g/mol. The van der Waals surface area contributed by atoms with Gasteiger partial charge < -0.3 is 19.9 Å². The summed E-state index contributed by atoms with van der Waals surface area (Å²) < 4.78 is 6.92. The highest BCUT2D eigenvalue weighted by Crippen LogP contribution is 2.18. The number of hydrogen-bond donors (Lipinski definition) is 2. The number of methoxy groups -OCH3 is 1. The minimum atomic E-state index is -0.184. The van der Waals surface area contributed by atoms with Crippen LogP contribution in [0.1, 0.15) is 29.3 Å². The standard InChI is InChI=1S/C24H30N4O3S/c1-4-27(21-9-6-5-8-17(21)2)14-12-25-22(29)18-10-11-19-20(16-18)26-24(32)28(23(19)30)13-7-15-31-3/h5-6,8-11,16H,4,7,12-15H2,1-3H3,(H,25,29)(H,26,32). The van der Waals surface area contributed by atoms with E-state index in [-0.39, 0.29) is 11.5 Å². The molecule has 170 valence electrons. The molecule has 0 aliphatic heterocycles. The third kappa shape index (κ3) is 5.44. The number of likely N-dealkylation sites (N-methyl/N-ethyl adjacent to an activating group) is 1. The van der Waals surface area contributed by atoms with Crippen molar-refractivity contribution in [2.24, 2.45) is 0 Å². The topological polar surface area (TPSA) is 79.4 Å². The summed E-state index contributed by atoms with van der Waals surface area (Å²) in [7, 11) is 1.62. The van der Waals surface area contributed by atoms with E-state index in [4.69, 9.17) is 17.0 Å². The zero-order valence-corrected chi connectivity index (χ0v) is 19.6. The Hall–Kier alpha value is -2.97. The van der Waals surface area contributed by atoms with Crippen molar-refractivity contribution in [3.8, 4) is 0 Å². The quantitative estimate of drug-likeness (QED) is 0.361. The minimum Gasteiger partial charge on any atom is -0.385 e. The number of amides is 1. The third-order valence-corrected chi connectivity index (χ3v) is 5.80. The number of carbonyl (C=O) groups excluding carboxylic acids is 1. The maximum atomic E-state index is 12.8. The first-order valence-corrected chi connectivity index (χ1v) is 11.2. The second kappa shape index (κ2) is 11.1. The van der Waals surface area contributed by atoms with Crippen molar-refractivity contribution in [3.63, 3.8) is 0 Å². The van der Waals surface area contributed by atoms with Crippen LogP contribution in [-0.4, -0.2) is 48.8 Å². The number of benzene rings is 2. The lowest BCUT2D eigenvalue weighted by Crippen LogP contribution is -2.35. The van der Waals surface area contributed by atoms with Crippen LogP contribution in [0.3, 0.4) is 0 Å². The number of nitrogens with zero attached hydrogens (tertiary/aromatic N) is 2. The first kappa shape index (κ1) is 23.7. The van der Waals surface area contributed by atoms with Crippen LogP contribution in [-0.2, 0) is 11.3 Å². The summed E-state index contributed by atoms with van der Waals surface area (Å²) >= 11 is 5.35. The molecule has 0 radical (unpaired) electrons. The van der Waals surface area contributed by atoms with E-state index in [0.717, 1.165) is 6.54 Å². The average Bonchev–Trinajstić information content (AvgIpc) is 2.79. The van der Waals surface area contributed by atoms with Gasteiger partial charge in [-0.3, -0.25) is 14.2 Å². The fourth-order valence-corrected chi connectivity index (χ4v) is 4.02. The number of H-pyrrole nitrogens is 1. The third-order valence-electron chi connectivity index (χ3n) is 5.48. The number of fused-ring (bicyclic) bond motifs is 1. The molecule has 1 amide bonds. The molecule has 32 heavy (non-hydrogen) atoms. The zero-order valence-electron chi connectivity index (χ0n) is 18.8. The van der Waals surface area contributed by atoms with Crippen LogP contribution < -0.4 is 15.8 Å². The van der Waals surface area contributed by atoms with E-state index in [9.17, 15) is 9.59 Å². The van der Waals surface area contributed by atoms with Crippen LogP contribution in [0.4, 0.5) is 5.69 Å². The minimum absolute atomic E-state index is 0.163. The molecule has 8 heteroatoms. The van der Waals surface area contributed by atoms with Crippen LogP contribution in [0, 0.1) is 11.7 Å². The fraction of sp³-hybridized carbons (Fsp3) is 0.375. The monoisotopic (exact) mass is 454 g/mol. The molecule has 0 aliphatic rings. The molecule has 0 fully saturated rings. The van der Waals surface area contributed by atoms with Gasteiger partial charge in [-0.15, -0.1) is 0 Å². The van der Waals surface area contributed by atoms with E-state index < -0.39 is 0 Å². The predicted octanol–water partition coefficient (Wildman–Crippen LogP) is 3.66. The number of anilines is 1. The summed E-state index contributed by atoms with van der Waals surface area (Å²) in [5, 5.41) is 3.48. The van der Waals surface area contributed by atoms with Crippen LogP contribution in [0.5, 0.6) is 0 Å². The van der Waals surface area contributed by atoms with Crippen molar-refractivity contribution >= 4 is 34.7 Å². The molecule has 0 unspecified atom stereocenters. The van der Waals surface area contributed by atoms with E-state index in [1.807, 2.05) is 12.1 Å². The van der Waals surface area contributed by atoms with Crippen molar-refractivity contribution in [1.82, 2.24) is 14.9 Å². The van der Waals surface area contributed by atoms with Crippen molar-refractivity contribution in [3.05, 3.63) is 68.7 Å². The lowest BCUT2D eigenvalue weighted by Gasteiger charge is -2.25. The number of aryl methyl sites for hydroxylation is 1. The van der Waals surface area contributed by atoms with Crippen molar-refractivity contribution < 1.29 is 9.53 Å². The Morgan fingerprint density at radius 3 is 2.75 bits per heavy atom. The van der Waals surface area contributed by atoms with Crippen molar-refractivity contribution in [1.29, 1.82) is 0 Å². The van der Waals surface area contributed by atoms with Crippen LogP contribution >= 0.6 is 12.2 Å². The molecule has 1 aromatic heterocycles. The second-order valence-corrected chi connectivity index (χ2v) is 8.00. The Bertz CT molecular complexity index is 1200. The average molecular weight is 455 g/mol. The first-order chi connectivity index (χ1) is 15.5. The van der Waals surface area contributed by atoms with Gasteiger partial charge in [-0.05, 0) is 62.3 Å². The summed E-state index contributed by atoms with van der Waals surface area (Å²) in [6.07, 6.45) is 0.692. The Morgan fingerprint density at radius 1 is 1.25 bits per heavy atom. The number of aromatic amines is 1. The van der Waals surface area contributed by atoms with E-state index >= 15 is 0 Å². The fourth-order valence-electron chi connectivity index (χ4n) is 3.74. The molecular formula is C24H30N4O3S. The summed E-state index contributed by atoms with van der Waals surface area (Å²) in [5.74, 6) is -0.184. The number of ether oxygens (including phenoxy) is 1. The molecule has 3 rings (SSSR count). The summed E-state index contributed by atoms with van der Waals surface area (Å²) in [4.78, 5) is 30.8. The van der Waals surface area contributed by atoms with Crippen LogP contribution in [0.15, 0.2) is 47.3 Å². The van der Waals surface area contributed by atoms with E-state index in [1.54, 1.807) is 25.3 Å². The second-order valence-electron chi connectivity index (χ2n) is 7.62. The van der Waals surface area contributed by atoms with Crippen molar-refractivity contribution in [2.45, 2.75) is 26.8 Å². The van der Waals surface area contributed by atoms with Gasteiger partial charge in [0.15, 0.2) is 4.77 Å². The molecule has 7 nitrogen and oxygen atoms in total. The van der Waals surface area contributed by atoms with Gasteiger partial charge in [0, 0.05) is 51.1 Å². The normalized spacial score (nSPS) is 11.0. The first-order valence-electron chi connectivity index (χ1n) is 10.8. The molecule has 0 aliphatic carbocycles. The molecule has 0 saturated carbocycles. The molecule has 2 N–H and O–H groups in total. The highest BCUT2D eigenvalue weighted by atomic mass is 32.1. The number of nitrogens with one attached hydrogen (secondary N) is 2. The van der Waals surface area contributed by atoms with E-state index in [1.165, 1.54) is 15.8 Å². The van der Waals surface area contributed by atoms with Gasteiger partial charge in [0.1, 0.15) is 0 Å². The van der Waals surface area contributed by atoms with Gasteiger partial charge in [0.05, 0.1) is 10.9 Å². The molecule has 0 saturated heterocycles. The summed E-state index contributed by atoms with van der Waals surface area (Å²) in [6.45, 7) is 7.28. The molecule has 0 bridgehead atoms. The molecule has 3 aromatic rings. The molecule has 0 atom stereocenters. The maximum absolute atomic E-state index is 12.8. The lowest BCUT2D eigenvalue weighted by molar-refractivity contribution is 0.0954. The van der Waals surface area contributed by atoms with Gasteiger partial charge in [-0.25, -0.2) is 0 Å². The van der Waals surface area contributed by atoms with Crippen LogP contribution in [0.2, 0.25) is 0 Å². The Labute approximate surface area is 193 Å². The smallest absolute Gasteiger partial charge is 0.262 e. The molecule has 0 spiro atoms. The van der Waals surface area contributed by atoms with Crippen LogP contribution in [0.25, 0.3) is 10.9 Å². The lowest BCUT2D eigenvalue weighted by atomic mass is 10.1. The Kier molecular flexibility index (Phi) is 8.19. The molecule has 1 heterocycles. The Balaban J connectivity index is 1.70. The number of para-hydroxylation sites is 1. The summed E-state index contributed by atoms with van der Waals surface area (Å²) in [6, 6.07) is 13.3. The number of rotatable bonds is 10. The van der Waals surface area contributed by atoms with E-state index in [2.05, 4.69) is 41.2 Å². The zero-order chi connectivity index (χ0) is 23.1. The number of hydrogen-bond acceptors (Lipinski definition) is 5. The van der Waals surface area contributed by atoms with Crippen molar-refractivity contribution in [2.75, 3.05) is 38.3 Å². The highest BCUT2D eigenvalue weighted by molar-refractivity contribution is 7.71. The predicted molar refractivity (Wildman–Crippen MR) is 131 cm³/mol. The van der Waals surface area contributed by atoms with Gasteiger partial charge in [0.2, 0.25) is 0 Å². The SMILES string of the molecule is CCN(CCNC(=O)c1ccc2c(=O)n(CCCOC)c(=S)[nH]c2c1)c1ccccc1C. The number of carbonyl (C=O) groups is 1. The number of aromatic nitrogens is 2. The van der Waals surface area contributed by atoms with Gasteiger partial charge in [-0.2, -0.15) is 0 Å². The van der Waals surface area contributed by atoms with Gasteiger partial charge in [0.25, 0.3) is 11.5 Å². The van der Waals surface area contributed by atoms with Gasteiger partial charge in [-0.1, -0.05) is 18.2 Å². The summed E-state index contributed by atoms with van der Waals surface area (Å²) in [5.41, 5.74) is 3.26. The van der Waals surface area contributed by atoms with E-state index in [0.29, 0.717) is 53.9 Å². The maximum Gasteiger partial charge on any atom is 0.262 e. The largest absolute Gasteiger partial charge is 0.385 e. The Morgan fingerprint density at radius 2 is 2.03 bits per heavy atom. The molecule has 2 aromatic carbocycles. The highest BCUT2D eigenvalue weighted by Gasteiger charge is 2.12. The van der Waals surface area contributed by atoms with Gasteiger partial charge >= 0.3 is 0 Å².